The number of fused-ring (bicyclic) bond motifs is 9. The third-order valence-electron chi connectivity index (χ3n) is 9.43. The average molecular weight is 633 g/mol. The number of para-hydroxylation sites is 2. The second-order valence-electron chi connectivity index (χ2n) is 12.0. The summed E-state index contributed by atoms with van der Waals surface area (Å²) in [6, 6.07) is 54.7. The molecular weight excluding hydrogens is 609 g/mol. The van der Waals surface area contributed by atoms with Gasteiger partial charge in [0, 0.05) is 56.7 Å². The topological polar surface area (TPSA) is 28.7 Å². The highest BCUT2D eigenvalue weighted by Gasteiger charge is 2.18. The molecule has 3 heterocycles. The molecule has 2 nitrogen and oxygen atoms in total. The van der Waals surface area contributed by atoms with Crippen molar-refractivity contribution in [1.29, 1.82) is 5.26 Å². The minimum atomic E-state index is 0.653. The van der Waals surface area contributed by atoms with Crippen molar-refractivity contribution in [2.75, 3.05) is 0 Å². The van der Waals surface area contributed by atoms with E-state index in [0.717, 1.165) is 27.8 Å². The standard InChI is InChI=1S/C43H24N2S2/c44-25-26-14-17-39(45-37-12-6-4-10-30(37)31-11-5-7-13-38(31)45)32(20-26)29-16-19-41-34(22-29)36-23-35-33-21-28(27-8-2-1-3-9-27)15-18-40(33)46-42(35)24-43(36)47-41/h1-24H. The molecule has 0 unspecified atom stereocenters. The maximum Gasteiger partial charge on any atom is 0.0991 e. The molecule has 0 amide bonds. The second kappa shape index (κ2) is 10.1. The van der Waals surface area contributed by atoms with Crippen LogP contribution in [0.1, 0.15) is 5.56 Å². The van der Waals surface area contributed by atoms with Crippen LogP contribution in [0.3, 0.4) is 0 Å². The van der Waals surface area contributed by atoms with Gasteiger partial charge in [-0.15, -0.1) is 22.7 Å². The Morgan fingerprint density at radius 3 is 1.66 bits per heavy atom. The Kier molecular flexibility index (Phi) is 5.71. The van der Waals surface area contributed by atoms with Gasteiger partial charge >= 0.3 is 0 Å². The first-order valence-electron chi connectivity index (χ1n) is 15.6. The Morgan fingerprint density at radius 1 is 0.426 bits per heavy atom. The van der Waals surface area contributed by atoms with E-state index in [0.29, 0.717) is 5.56 Å². The fraction of sp³-hybridized carbons (Fsp3) is 0. The van der Waals surface area contributed by atoms with Crippen molar-refractivity contribution in [3.63, 3.8) is 0 Å². The van der Waals surface area contributed by atoms with Gasteiger partial charge in [-0.2, -0.15) is 5.26 Å². The van der Waals surface area contributed by atoms with Gasteiger partial charge in [-0.25, -0.2) is 0 Å². The summed E-state index contributed by atoms with van der Waals surface area (Å²) in [6.45, 7) is 0. The number of hydrogen-bond acceptors (Lipinski definition) is 3. The fourth-order valence-corrected chi connectivity index (χ4v) is 9.53. The van der Waals surface area contributed by atoms with Crippen LogP contribution in [0.15, 0.2) is 146 Å². The lowest BCUT2D eigenvalue weighted by Crippen LogP contribution is -1.98. The molecule has 0 saturated carbocycles. The van der Waals surface area contributed by atoms with E-state index in [-0.39, 0.29) is 0 Å². The molecule has 0 saturated heterocycles. The van der Waals surface area contributed by atoms with Crippen molar-refractivity contribution in [3.8, 4) is 34.0 Å². The van der Waals surface area contributed by atoms with Gasteiger partial charge in [-0.05, 0) is 83.4 Å². The lowest BCUT2D eigenvalue weighted by molar-refractivity contribution is 1.18. The monoisotopic (exact) mass is 632 g/mol. The minimum absolute atomic E-state index is 0.653. The molecular formula is C43H24N2S2. The summed E-state index contributed by atoms with van der Waals surface area (Å²) in [7, 11) is 0. The largest absolute Gasteiger partial charge is 0.309 e. The number of thiophene rings is 2. The number of hydrogen-bond donors (Lipinski definition) is 0. The van der Waals surface area contributed by atoms with Gasteiger partial charge in [-0.3, -0.25) is 0 Å². The summed E-state index contributed by atoms with van der Waals surface area (Å²) in [6.07, 6.45) is 0. The molecule has 4 heteroatoms. The number of nitrogens with zero attached hydrogens (tertiary/aromatic N) is 2. The van der Waals surface area contributed by atoms with Crippen molar-refractivity contribution in [3.05, 3.63) is 151 Å². The molecule has 0 N–H and O–H groups in total. The van der Waals surface area contributed by atoms with E-state index in [1.807, 2.05) is 34.8 Å². The van der Waals surface area contributed by atoms with E-state index in [2.05, 4.69) is 144 Å². The summed E-state index contributed by atoms with van der Waals surface area (Å²) in [5.41, 5.74) is 8.66. The van der Waals surface area contributed by atoms with Crippen LogP contribution in [0.5, 0.6) is 0 Å². The molecule has 10 rings (SSSR count). The first kappa shape index (κ1) is 26.5. The van der Waals surface area contributed by atoms with E-state index >= 15 is 0 Å². The van der Waals surface area contributed by atoms with E-state index in [1.54, 1.807) is 0 Å². The highest BCUT2D eigenvalue weighted by molar-refractivity contribution is 7.28. The highest BCUT2D eigenvalue weighted by Crippen LogP contribution is 2.44. The zero-order chi connectivity index (χ0) is 31.1. The van der Waals surface area contributed by atoms with Gasteiger partial charge in [-0.1, -0.05) is 78.9 Å². The van der Waals surface area contributed by atoms with Crippen LogP contribution in [-0.4, -0.2) is 4.57 Å². The highest BCUT2D eigenvalue weighted by atomic mass is 32.1. The van der Waals surface area contributed by atoms with Gasteiger partial charge in [0.05, 0.1) is 28.4 Å². The van der Waals surface area contributed by atoms with Crippen molar-refractivity contribution in [1.82, 2.24) is 4.57 Å². The lowest BCUT2D eigenvalue weighted by atomic mass is 9.98. The first-order chi connectivity index (χ1) is 23.2. The van der Waals surface area contributed by atoms with E-state index in [9.17, 15) is 5.26 Å². The number of nitriles is 1. The Hall–Kier alpha value is -5.73. The average Bonchev–Trinajstić information content (AvgIpc) is 3.79. The van der Waals surface area contributed by atoms with Crippen LogP contribution in [0.25, 0.3) is 90.1 Å². The normalized spacial score (nSPS) is 11.8. The van der Waals surface area contributed by atoms with Gasteiger partial charge in [0.15, 0.2) is 0 Å². The van der Waals surface area contributed by atoms with Crippen molar-refractivity contribution >= 4 is 84.8 Å². The quantitative estimate of drug-likeness (QED) is 0.190. The molecule has 0 bridgehead atoms. The summed E-state index contributed by atoms with van der Waals surface area (Å²) in [5.74, 6) is 0. The smallest absolute Gasteiger partial charge is 0.0991 e. The van der Waals surface area contributed by atoms with Crippen LogP contribution in [0, 0.1) is 11.3 Å². The maximum absolute atomic E-state index is 9.96. The van der Waals surface area contributed by atoms with Crippen LogP contribution < -0.4 is 0 Å². The maximum atomic E-state index is 9.96. The van der Waals surface area contributed by atoms with E-state index < -0.39 is 0 Å². The molecule has 0 atom stereocenters. The molecule has 0 aliphatic rings. The minimum Gasteiger partial charge on any atom is -0.309 e. The molecule has 0 fully saturated rings. The summed E-state index contributed by atoms with van der Waals surface area (Å²) in [5, 5.41) is 17.5. The Labute approximate surface area is 278 Å². The van der Waals surface area contributed by atoms with Gasteiger partial charge < -0.3 is 4.57 Å². The molecule has 0 aliphatic carbocycles. The Morgan fingerprint density at radius 2 is 1.00 bits per heavy atom. The van der Waals surface area contributed by atoms with Gasteiger partial charge in [0.1, 0.15) is 0 Å². The van der Waals surface area contributed by atoms with Crippen molar-refractivity contribution in [2.24, 2.45) is 0 Å². The Bertz CT molecular complexity index is 2860. The SMILES string of the molecule is N#Cc1ccc(-n2c3ccccc3c3ccccc32)c(-c2ccc3sc4cc5sc6ccc(-c7ccccc7)cc6c5cc4c3c2)c1. The van der Waals surface area contributed by atoms with Crippen LogP contribution in [0.2, 0.25) is 0 Å². The predicted octanol–water partition coefficient (Wildman–Crippen LogP) is 12.7. The first-order valence-corrected chi connectivity index (χ1v) is 17.3. The summed E-state index contributed by atoms with van der Waals surface area (Å²) >= 11 is 3.72. The Balaban J connectivity index is 1.21. The number of rotatable bonds is 3. The zero-order valence-corrected chi connectivity index (χ0v) is 26.7. The van der Waals surface area contributed by atoms with Gasteiger partial charge in [0.2, 0.25) is 0 Å². The molecule has 10 aromatic rings. The second-order valence-corrected chi connectivity index (χ2v) is 14.2. The number of aromatic nitrogens is 1. The van der Waals surface area contributed by atoms with Crippen LogP contribution >= 0.6 is 22.7 Å². The number of benzene rings is 7. The molecule has 0 spiro atoms. The van der Waals surface area contributed by atoms with Crippen LogP contribution in [0.4, 0.5) is 0 Å². The lowest BCUT2D eigenvalue weighted by Gasteiger charge is -2.15. The fourth-order valence-electron chi connectivity index (χ4n) is 7.24. The molecule has 218 valence electrons. The van der Waals surface area contributed by atoms with E-state index in [4.69, 9.17) is 0 Å². The van der Waals surface area contributed by atoms with E-state index in [1.165, 1.54) is 62.2 Å². The van der Waals surface area contributed by atoms with Crippen molar-refractivity contribution < 1.29 is 0 Å². The molecule has 3 aromatic heterocycles. The third kappa shape index (κ3) is 4.01. The predicted molar refractivity (Wildman–Crippen MR) is 202 cm³/mol. The molecule has 0 radical (unpaired) electrons. The van der Waals surface area contributed by atoms with Crippen LogP contribution in [-0.2, 0) is 0 Å². The molecule has 0 aliphatic heterocycles. The molecule has 47 heavy (non-hydrogen) atoms. The third-order valence-corrected chi connectivity index (χ3v) is 11.7. The van der Waals surface area contributed by atoms with Gasteiger partial charge in [0.25, 0.3) is 0 Å². The van der Waals surface area contributed by atoms with Crippen molar-refractivity contribution in [2.45, 2.75) is 0 Å². The summed E-state index contributed by atoms with van der Waals surface area (Å²) < 4.78 is 7.55. The molecule has 7 aromatic carbocycles. The zero-order valence-electron chi connectivity index (χ0n) is 25.1. The summed E-state index contributed by atoms with van der Waals surface area (Å²) in [4.78, 5) is 0.